The normalized spacial score (nSPS) is 17.1. The minimum atomic E-state index is -2.94. The highest BCUT2D eigenvalue weighted by atomic mass is 32.3. The second-order valence-electron chi connectivity index (χ2n) is 9.86. The number of nitrogens with one attached hydrogen (secondary N) is 3. The molecule has 1 saturated heterocycles. The molecule has 1 aliphatic heterocycles. The largest absolute Gasteiger partial charge is 0.497 e. The molecule has 0 spiro atoms. The van der Waals surface area contributed by atoms with Crippen molar-refractivity contribution in [2.75, 3.05) is 42.1 Å². The first-order valence-corrected chi connectivity index (χ1v) is 16.1. The van der Waals surface area contributed by atoms with Gasteiger partial charge in [-0.1, -0.05) is 18.2 Å². The monoisotopic (exact) mass is 588 g/mol. The first-order chi connectivity index (χ1) is 19.3. The van der Waals surface area contributed by atoms with Gasteiger partial charge in [0.05, 0.1) is 30.7 Å². The molecule has 1 aliphatic rings. The number of aliphatic hydroxyl groups is 1. The molecule has 2 unspecified atom stereocenters. The van der Waals surface area contributed by atoms with Gasteiger partial charge in [0.1, 0.15) is 5.75 Å². The summed E-state index contributed by atoms with van der Waals surface area (Å²) in [6.45, 7) is 3.96. The Morgan fingerprint density at radius 1 is 1.15 bits per heavy atom. The summed E-state index contributed by atoms with van der Waals surface area (Å²) in [7, 11) is -1.31. The number of hydrogen-bond donors (Lipinski definition) is 6. The first kappa shape index (κ1) is 30.2. The summed E-state index contributed by atoms with van der Waals surface area (Å²) < 4.78 is 28.3. The number of aliphatic hydroxyl groups excluding tert-OH is 1. The van der Waals surface area contributed by atoms with Crippen LogP contribution in [0.15, 0.2) is 60.0 Å². The van der Waals surface area contributed by atoms with Gasteiger partial charge in [-0.3, -0.25) is 18.2 Å². The van der Waals surface area contributed by atoms with Gasteiger partial charge in [-0.15, -0.1) is 22.1 Å². The van der Waals surface area contributed by atoms with Crippen LogP contribution >= 0.6 is 22.1 Å². The number of hydrogen-bond acceptors (Lipinski definition) is 9. The van der Waals surface area contributed by atoms with Crippen LogP contribution in [0.25, 0.3) is 0 Å². The van der Waals surface area contributed by atoms with Gasteiger partial charge in [0.25, 0.3) is 5.91 Å². The lowest BCUT2D eigenvalue weighted by atomic mass is 10.0. The van der Waals surface area contributed by atoms with Gasteiger partial charge in [0, 0.05) is 48.7 Å². The van der Waals surface area contributed by atoms with Crippen LogP contribution < -0.4 is 25.0 Å². The Morgan fingerprint density at radius 2 is 2.00 bits per heavy atom. The van der Waals surface area contributed by atoms with E-state index in [9.17, 15) is 19.0 Å². The van der Waals surface area contributed by atoms with E-state index in [1.807, 2.05) is 54.8 Å². The number of amides is 1. The molecular formula is C29H40N4O5S2. The van der Waals surface area contributed by atoms with Crippen LogP contribution in [0.2, 0.25) is 0 Å². The molecule has 40 heavy (non-hydrogen) atoms. The molecule has 9 nitrogen and oxygen atoms in total. The molecule has 6 N–H and O–H groups in total. The zero-order valence-corrected chi connectivity index (χ0v) is 24.6. The summed E-state index contributed by atoms with van der Waals surface area (Å²) in [6, 6.07) is 16.4. The maximum absolute atomic E-state index is 13.6. The quantitative estimate of drug-likeness (QED) is 0.166. The number of ether oxygens (including phenoxy) is 1. The zero-order chi connectivity index (χ0) is 28.5. The molecule has 2 atom stereocenters. The van der Waals surface area contributed by atoms with Crippen molar-refractivity contribution in [1.29, 1.82) is 0 Å². The molecule has 0 radical (unpaired) electrons. The van der Waals surface area contributed by atoms with Crippen molar-refractivity contribution in [3.8, 4) is 5.75 Å². The Balaban J connectivity index is 1.50. The van der Waals surface area contributed by atoms with Crippen LogP contribution in [-0.4, -0.2) is 64.8 Å². The average Bonchev–Trinajstić information content (AvgIpc) is 3.45. The van der Waals surface area contributed by atoms with E-state index in [0.717, 1.165) is 34.7 Å². The van der Waals surface area contributed by atoms with Crippen LogP contribution in [0.4, 0.5) is 11.4 Å². The first-order valence-electron chi connectivity index (χ1n) is 13.6. The van der Waals surface area contributed by atoms with Gasteiger partial charge in [0.2, 0.25) is 0 Å². The second-order valence-corrected chi connectivity index (χ2v) is 13.0. The third kappa shape index (κ3) is 8.12. The Labute approximate surface area is 242 Å². The maximum atomic E-state index is 13.6. The number of benzene rings is 2. The number of rotatable bonds is 13. The van der Waals surface area contributed by atoms with Gasteiger partial charge < -0.3 is 25.8 Å². The summed E-state index contributed by atoms with van der Waals surface area (Å²) in [5, 5.41) is 22.7. The Hall–Kier alpha value is -2.80. The predicted molar refractivity (Wildman–Crippen MR) is 165 cm³/mol. The molecule has 1 fully saturated rings. The van der Waals surface area contributed by atoms with Gasteiger partial charge in [-0.05, 0) is 67.1 Å². The zero-order valence-electron chi connectivity index (χ0n) is 23.0. The third-order valence-electron chi connectivity index (χ3n) is 6.83. The third-order valence-corrected chi connectivity index (χ3v) is 9.66. The van der Waals surface area contributed by atoms with Crippen molar-refractivity contribution in [2.45, 2.75) is 44.9 Å². The van der Waals surface area contributed by atoms with E-state index in [1.54, 1.807) is 34.9 Å². The lowest BCUT2D eigenvalue weighted by molar-refractivity contribution is 0.0831. The highest BCUT2D eigenvalue weighted by Crippen LogP contribution is 2.50. The van der Waals surface area contributed by atoms with Crippen molar-refractivity contribution in [1.82, 2.24) is 10.6 Å². The van der Waals surface area contributed by atoms with Gasteiger partial charge in [-0.25, -0.2) is 0 Å². The fourth-order valence-corrected chi connectivity index (χ4v) is 7.21. The van der Waals surface area contributed by atoms with E-state index in [0.29, 0.717) is 43.1 Å². The van der Waals surface area contributed by atoms with Crippen LogP contribution in [0.3, 0.4) is 0 Å². The minimum absolute atomic E-state index is 0.283. The second kappa shape index (κ2) is 14.2. The number of methoxy groups -OCH3 is 1. The average molecular weight is 589 g/mol. The van der Waals surface area contributed by atoms with Crippen molar-refractivity contribution in [3.63, 3.8) is 0 Å². The molecule has 11 heteroatoms. The maximum Gasteiger partial charge on any atom is 0.251 e. The van der Waals surface area contributed by atoms with Crippen LogP contribution in [0.5, 0.6) is 5.75 Å². The Kier molecular flexibility index (Phi) is 10.7. The SMILES string of the molecule is CCNc1cc(C(=O)NC(Cc2cccs2)C(O)CNCc2cccc(OC)c2)cc(N2CCCCS2(O)O)c1. The molecule has 0 saturated carbocycles. The Bertz CT molecular complexity index is 1240. The van der Waals surface area contributed by atoms with E-state index in [-0.39, 0.29) is 12.5 Å². The summed E-state index contributed by atoms with van der Waals surface area (Å²) >= 11 is 1.58. The van der Waals surface area contributed by atoms with E-state index in [2.05, 4.69) is 16.0 Å². The number of nitrogens with zero attached hydrogens (tertiary/aromatic N) is 1. The highest BCUT2D eigenvalue weighted by molar-refractivity contribution is 8.25. The number of carbonyl (C=O) groups is 1. The number of thiophene rings is 1. The van der Waals surface area contributed by atoms with Crippen molar-refractivity contribution in [2.24, 2.45) is 0 Å². The molecule has 1 amide bonds. The fourth-order valence-electron chi connectivity index (χ4n) is 4.77. The van der Waals surface area contributed by atoms with Crippen LogP contribution in [-0.2, 0) is 13.0 Å². The molecule has 2 heterocycles. The number of carbonyl (C=O) groups excluding carboxylic acids is 1. The molecule has 0 bridgehead atoms. The molecule has 4 rings (SSSR count). The van der Waals surface area contributed by atoms with E-state index >= 15 is 0 Å². The van der Waals surface area contributed by atoms with Crippen LogP contribution in [0.1, 0.15) is 40.6 Å². The van der Waals surface area contributed by atoms with Gasteiger partial charge in [0.15, 0.2) is 0 Å². The molecular weight excluding hydrogens is 548 g/mol. The minimum Gasteiger partial charge on any atom is -0.497 e. The molecule has 2 aromatic carbocycles. The van der Waals surface area contributed by atoms with E-state index in [1.165, 1.54) is 0 Å². The summed E-state index contributed by atoms with van der Waals surface area (Å²) in [5.74, 6) is 0.758. The Morgan fingerprint density at radius 3 is 2.73 bits per heavy atom. The molecule has 218 valence electrons. The topological polar surface area (TPSA) is 126 Å². The van der Waals surface area contributed by atoms with Gasteiger partial charge in [-0.2, -0.15) is 0 Å². The smallest absolute Gasteiger partial charge is 0.251 e. The van der Waals surface area contributed by atoms with E-state index in [4.69, 9.17) is 4.74 Å². The fraction of sp³-hybridized carbons (Fsp3) is 0.414. The molecule has 0 aliphatic carbocycles. The molecule has 1 aromatic heterocycles. The summed E-state index contributed by atoms with van der Waals surface area (Å²) in [6.07, 6.45) is 1.24. The van der Waals surface area contributed by atoms with Crippen molar-refractivity contribution < 1.29 is 23.7 Å². The highest BCUT2D eigenvalue weighted by Gasteiger charge is 2.28. The predicted octanol–water partition coefficient (Wildman–Crippen LogP) is 4.95. The lowest BCUT2D eigenvalue weighted by Crippen LogP contribution is -2.48. The number of anilines is 2. The van der Waals surface area contributed by atoms with E-state index < -0.39 is 22.9 Å². The van der Waals surface area contributed by atoms with Crippen LogP contribution in [0, 0.1) is 0 Å². The summed E-state index contributed by atoms with van der Waals surface area (Å²) in [5.41, 5.74) is 2.74. The van der Waals surface area contributed by atoms with Crippen molar-refractivity contribution in [3.05, 3.63) is 76.0 Å². The van der Waals surface area contributed by atoms with Gasteiger partial charge >= 0.3 is 0 Å². The summed E-state index contributed by atoms with van der Waals surface area (Å²) in [4.78, 5) is 14.6. The molecule has 3 aromatic rings. The van der Waals surface area contributed by atoms with Crippen molar-refractivity contribution >= 4 is 39.4 Å². The standard InChI is InChI=1S/C29H40N4O5S2/c1-3-31-23-15-22(16-24(17-23)33-11-4-5-13-40(33,36)37)29(35)32-27(18-26-10-7-12-39-26)28(34)20-30-19-21-8-6-9-25(14-21)38-2/h6-10,12,14-17,27-28,30-31,34,36-37H,3-5,11,13,18-20H2,1-2H3,(H,32,35). The lowest BCUT2D eigenvalue weighted by Gasteiger charge is -2.47.